The standard InChI is InChI=1S/C14H18F2N2O2S/c1-2-3-17-13-11(15)8-10(9-12(13)16)14(19)18-4-6-21(20)7-5-18/h8-9,17H,2-7H2,1H3. The van der Waals surface area contributed by atoms with E-state index in [0.717, 1.165) is 18.6 Å². The van der Waals surface area contributed by atoms with Crippen molar-refractivity contribution in [2.45, 2.75) is 13.3 Å². The Balaban J connectivity index is 2.16. The van der Waals surface area contributed by atoms with Crippen molar-refractivity contribution in [3.05, 3.63) is 29.3 Å². The van der Waals surface area contributed by atoms with Gasteiger partial charge in [-0.25, -0.2) is 8.78 Å². The molecule has 1 amide bonds. The van der Waals surface area contributed by atoms with Gasteiger partial charge in [0.2, 0.25) is 0 Å². The van der Waals surface area contributed by atoms with E-state index in [1.54, 1.807) is 0 Å². The van der Waals surface area contributed by atoms with E-state index in [9.17, 15) is 17.8 Å². The Kier molecular flexibility index (Phi) is 5.27. The van der Waals surface area contributed by atoms with Gasteiger partial charge in [0.1, 0.15) is 17.3 Å². The minimum absolute atomic E-state index is 0.0141. The second-order valence-corrected chi connectivity index (χ2v) is 6.58. The maximum Gasteiger partial charge on any atom is 0.254 e. The summed E-state index contributed by atoms with van der Waals surface area (Å²) in [4.78, 5) is 13.7. The van der Waals surface area contributed by atoms with E-state index in [1.165, 1.54) is 4.90 Å². The fraction of sp³-hybridized carbons (Fsp3) is 0.500. The third kappa shape index (κ3) is 3.78. The Hall–Kier alpha value is -1.50. The molecule has 0 radical (unpaired) electrons. The Bertz CT molecular complexity index is 533. The van der Waals surface area contributed by atoms with E-state index in [-0.39, 0.29) is 11.3 Å². The molecule has 116 valence electrons. The SMILES string of the molecule is CCCNc1c(F)cc(C(=O)N2CCS(=O)CC2)cc1F. The molecular formula is C14H18F2N2O2S. The summed E-state index contributed by atoms with van der Waals surface area (Å²) in [5, 5.41) is 2.67. The minimum Gasteiger partial charge on any atom is -0.380 e. The van der Waals surface area contributed by atoms with Gasteiger partial charge in [-0.1, -0.05) is 6.92 Å². The number of rotatable bonds is 4. The average Bonchev–Trinajstić information content (AvgIpc) is 2.46. The van der Waals surface area contributed by atoms with Crippen LogP contribution < -0.4 is 5.32 Å². The van der Waals surface area contributed by atoms with Gasteiger partial charge in [0, 0.05) is 47.5 Å². The summed E-state index contributed by atoms with van der Waals surface area (Å²) in [7, 11) is -0.902. The van der Waals surface area contributed by atoms with Gasteiger partial charge >= 0.3 is 0 Å². The van der Waals surface area contributed by atoms with Crippen molar-refractivity contribution in [3.63, 3.8) is 0 Å². The first-order valence-corrected chi connectivity index (χ1v) is 8.39. The summed E-state index contributed by atoms with van der Waals surface area (Å²) in [6, 6.07) is 2.10. The molecule has 4 nitrogen and oxygen atoms in total. The van der Waals surface area contributed by atoms with Crippen LogP contribution in [0.25, 0.3) is 0 Å². The topological polar surface area (TPSA) is 49.4 Å². The maximum atomic E-state index is 13.9. The lowest BCUT2D eigenvalue weighted by Gasteiger charge is -2.26. The summed E-state index contributed by atoms with van der Waals surface area (Å²) in [6.07, 6.45) is 0.741. The molecule has 0 saturated carbocycles. The second kappa shape index (κ2) is 6.98. The predicted molar refractivity (Wildman–Crippen MR) is 78.9 cm³/mol. The first-order chi connectivity index (χ1) is 10.0. The van der Waals surface area contributed by atoms with Crippen LogP contribution in [0.4, 0.5) is 14.5 Å². The molecule has 1 aromatic carbocycles. The van der Waals surface area contributed by atoms with E-state index in [2.05, 4.69) is 5.32 Å². The highest BCUT2D eigenvalue weighted by Crippen LogP contribution is 2.22. The molecule has 1 saturated heterocycles. The summed E-state index contributed by atoms with van der Waals surface area (Å²) in [6.45, 7) is 3.05. The number of nitrogens with zero attached hydrogens (tertiary/aromatic N) is 1. The molecule has 1 aromatic rings. The van der Waals surface area contributed by atoms with Crippen LogP contribution in [0.5, 0.6) is 0 Å². The zero-order valence-electron chi connectivity index (χ0n) is 11.8. The maximum absolute atomic E-state index is 13.9. The van der Waals surface area contributed by atoms with Crippen molar-refractivity contribution >= 4 is 22.4 Å². The van der Waals surface area contributed by atoms with Crippen LogP contribution in [-0.4, -0.2) is 46.2 Å². The van der Waals surface area contributed by atoms with Gasteiger partial charge in [0.15, 0.2) is 0 Å². The fourth-order valence-corrected chi connectivity index (χ4v) is 3.19. The van der Waals surface area contributed by atoms with E-state index in [0.29, 0.717) is 31.1 Å². The molecule has 0 spiro atoms. The van der Waals surface area contributed by atoms with Crippen LogP contribution in [0.1, 0.15) is 23.7 Å². The van der Waals surface area contributed by atoms with Crippen LogP contribution in [-0.2, 0) is 10.8 Å². The molecule has 0 unspecified atom stereocenters. The van der Waals surface area contributed by atoms with Crippen LogP contribution in [0.15, 0.2) is 12.1 Å². The molecule has 1 N–H and O–H groups in total. The van der Waals surface area contributed by atoms with E-state index < -0.39 is 28.3 Å². The average molecular weight is 316 g/mol. The molecule has 7 heteroatoms. The molecular weight excluding hydrogens is 298 g/mol. The monoisotopic (exact) mass is 316 g/mol. The number of carbonyl (C=O) groups excluding carboxylic acids is 1. The highest BCUT2D eigenvalue weighted by atomic mass is 32.2. The van der Waals surface area contributed by atoms with Crippen molar-refractivity contribution in [1.82, 2.24) is 4.90 Å². The molecule has 0 atom stereocenters. The molecule has 0 aliphatic carbocycles. The van der Waals surface area contributed by atoms with Gasteiger partial charge in [-0.15, -0.1) is 0 Å². The Morgan fingerprint density at radius 3 is 2.38 bits per heavy atom. The third-order valence-corrected chi connectivity index (χ3v) is 4.58. The predicted octanol–water partition coefficient (Wildman–Crippen LogP) is 1.99. The molecule has 1 heterocycles. The second-order valence-electron chi connectivity index (χ2n) is 4.88. The number of benzene rings is 1. The first-order valence-electron chi connectivity index (χ1n) is 6.90. The Labute approximate surface area is 125 Å². The zero-order valence-corrected chi connectivity index (χ0v) is 12.6. The largest absolute Gasteiger partial charge is 0.380 e. The van der Waals surface area contributed by atoms with Gasteiger partial charge in [-0.05, 0) is 18.6 Å². The number of carbonyl (C=O) groups is 1. The lowest BCUT2D eigenvalue weighted by molar-refractivity contribution is 0.0770. The molecule has 0 aromatic heterocycles. The van der Waals surface area contributed by atoms with Gasteiger partial charge in [0.25, 0.3) is 5.91 Å². The number of anilines is 1. The Morgan fingerprint density at radius 1 is 1.29 bits per heavy atom. The molecule has 1 fully saturated rings. The Morgan fingerprint density at radius 2 is 1.86 bits per heavy atom. The molecule has 2 rings (SSSR count). The van der Waals surface area contributed by atoms with Crippen molar-refractivity contribution in [1.29, 1.82) is 0 Å². The van der Waals surface area contributed by atoms with Crippen molar-refractivity contribution in [3.8, 4) is 0 Å². The summed E-state index contributed by atoms with van der Waals surface area (Å²) in [5.41, 5.74) is -0.215. The third-order valence-electron chi connectivity index (χ3n) is 3.31. The fourth-order valence-electron chi connectivity index (χ4n) is 2.14. The normalized spacial score (nSPS) is 16.0. The number of hydrogen-bond acceptors (Lipinski definition) is 3. The summed E-state index contributed by atoms with van der Waals surface area (Å²) in [5.74, 6) is -1.15. The van der Waals surface area contributed by atoms with E-state index in [4.69, 9.17) is 0 Å². The number of halogens is 2. The zero-order chi connectivity index (χ0) is 15.4. The van der Waals surface area contributed by atoms with Crippen LogP contribution in [0, 0.1) is 11.6 Å². The number of nitrogens with one attached hydrogen (secondary N) is 1. The molecule has 1 aliphatic heterocycles. The minimum atomic E-state index is -0.902. The first kappa shape index (κ1) is 15.9. The lowest BCUT2D eigenvalue weighted by atomic mass is 10.1. The van der Waals surface area contributed by atoms with Crippen LogP contribution in [0.2, 0.25) is 0 Å². The summed E-state index contributed by atoms with van der Waals surface area (Å²) < 4.78 is 39.1. The van der Waals surface area contributed by atoms with Gasteiger partial charge < -0.3 is 10.2 Å². The van der Waals surface area contributed by atoms with Crippen LogP contribution >= 0.6 is 0 Å². The number of hydrogen-bond donors (Lipinski definition) is 1. The van der Waals surface area contributed by atoms with Crippen molar-refractivity contribution in [2.24, 2.45) is 0 Å². The smallest absolute Gasteiger partial charge is 0.254 e. The molecule has 0 bridgehead atoms. The van der Waals surface area contributed by atoms with Gasteiger partial charge in [-0.3, -0.25) is 9.00 Å². The van der Waals surface area contributed by atoms with Crippen LogP contribution in [0.3, 0.4) is 0 Å². The quantitative estimate of drug-likeness (QED) is 0.924. The summed E-state index contributed by atoms with van der Waals surface area (Å²) >= 11 is 0. The highest BCUT2D eigenvalue weighted by molar-refractivity contribution is 7.85. The van der Waals surface area contributed by atoms with E-state index >= 15 is 0 Å². The van der Waals surface area contributed by atoms with E-state index in [1.807, 2.05) is 6.92 Å². The lowest BCUT2D eigenvalue weighted by Crippen LogP contribution is -2.41. The van der Waals surface area contributed by atoms with Crippen molar-refractivity contribution in [2.75, 3.05) is 36.5 Å². The number of amides is 1. The van der Waals surface area contributed by atoms with Crippen molar-refractivity contribution < 1.29 is 17.8 Å². The van der Waals surface area contributed by atoms with Gasteiger partial charge in [-0.2, -0.15) is 0 Å². The van der Waals surface area contributed by atoms with Gasteiger partial charge in [0.05, 0.1) is 0 Å². The molecule has 1 aliphatic rings. The molecule has 21 heavy (non-hydrogen) atoms. The highest BCUT2D eigenvalue weighted by Gasteiger charge is 2.23.